The molecular formula is C5H10O2PS-. The standard InChI is InChI=1S/C5H10O2PS/c1-5(2)3-6-8(9)7-4-5/h3-4H2,1-2H3/q-1. The molecule has 1 aliphatic rings. The van der Waals surface area contributed by atoms with E-state index in [0.717, 1.165) is 13.2 Å². The first kappa shape index (κ1) is 7.80. The zero-order valence-electron chi connectivity index (χ0n) is 5.59. The van der Waals surface area contributed by atoms with Gasteiger partial charge in [0.15, 0.2) is 0 Å². The van der Waals surface area contributed by atoms with Gasteiger partial charge in [-0.3, -0.25) is 0 Å². The number of hydrogen-bond acceptors (Lipinski definition) is 3. The van der Waals surface area contributed by atoms with E-state index < -0.39 is 7.58 Å². The fraction of sp³-hybridized carbons (Fsp3) is 1.00. The molecule has 9 heavy (non-hydrogen) atoms. The Hall–Kier alpha value is 0.700. The summed E-state index contributed by atoms with van der Waals surface area (Å²) in [5.41, 5.74) is 0.164. The molecule has 1 rings (SSSR count). The largest absolute Gasteiger partial charge is 0.700 e. The molecule has 0 aromatic carbocycles. The Labute approximate surface area is 62.0 Å². The van der Waals surface area contributed by atoms with Crippen molar-refractivity contribution in [3.05, 3.63) is 0 Å². The van der Waals surface area contributed by atoms with Crippen LogP contribution in [0.15, 0.2) is 0 Å². The first-order valence-corrected chi connectivity index (χ1v) is 5.02. The van der Waals surface area contributed by atoms with E-state index in [1.807, 2.05) is 0 Å². The third-order valence-corrected chi connectivity index (χ3v) is 2.43. The Bertz CT molecular complexity index is 97.1. The Morgan fingerprint density at radius 2 is 1.78 bits per heavy atom. The van der Waals surface area contributed by atoms with Gasteiger partial charge in [-0.2, -0.15) is 0 Å². The molecule has 2 nitrogen and oxygen atoms in total. The molecular weight excluding hydrogens is 155 g/mol. The lowest BCUT2D eigenvalue weighted by molar-refractivity contribution is 0.0687. The van der Waals surface area contributed by atoms with E-state index in [0.29, 0.717) is 0 Å². The summed E-state index contributed by atoms with van der Waals surface area (Å²) in [6, 6.07) is 0. The van der Waals surface area contributed by atoms with E-state index in [-0.39, 0.29) is 5.41 Å². The topological polar surface area (TPSA) is 18.5 Å². The fourth-order valence-electron chi connectivity index (χ4n) is 0.534. The summed E-state index contributed by atoms with van der Waals surface area (Å²) in [5, 5.41) is 0. The molecule has 1 aliphatic heterocycles. The van der Waals surface area contributed by atoms with Gasteiger partial charge in [-0.25, -0.2) is 0 Å². The van der Waals surface area contributed by atoms with Crippen molar-refractivity contribution in [3.63, 3.8) is 0 Å². The van der Waals surface area contributed by atoms with Crippen LogP contribution < -0.4 is 0 Å². The van der Waals surface area contributed by atoms with Gasteiger partial charge in [0, 0.05) is 13.0 Å². The predicted octanol–water partition coefficient (Wildman–Crippen LogP) is 1.83. The Balaban J connectivity index is 2.35. The smallest absolute Gasteiger partial charge is 0.0587 e. The molecule has 0 radical (unpaired) electrons. The molecule has 0 unspecified atom stereocenters. The molecule has 0 N–H and O–H groups in total. The second-order valence-corrected chi connectivity index (χ2v) is 4.79. The molecule has 0 bridgehead atoms. The van der Waals surface area contributed by atoms with Gasteiger partial charge in [-0.05, 0) is 0 Å². The van der Waals surface area contributed by atoms with Gasteiger partial charge in [-0.15, -0.1) is 0 Å². The van der Waals surface area contributed by atoms with Gasteiger partial charge in [0.1, 0.15) is 0 Å². The molecule has 0 spiro atoms. The number of hydrogen-bond donors (Lipinski definition) is 0. The number of rotatable bonds is 0. The van der Waals surface area contributed by atoms with E-state index >= 15 is 0 Å². The van der Waals surface area contributed by atoms with E-state index in [4.69, 9.17) is 21.3 Å². The monoisotopic (exact) mass is 165 g/mol. The molecule has 0 aromatic rings. The maximum Gasteiger partial charge on any atom is 0.0587 e. The van der Waals surface area contributed by atoms with Gasteiger partial charge >= 0.3 is 0 Å². The SMILES string of the molecule is CC1(C)COP([S-])OC1. The van der Waals surface area contributed by atoms with Crippen molar-refractivity contribution < 1.29 is 9.05 Å². The van der Waals surface area contributed by atoms with Crippen LogP contribution in [-0.4, -0.2) is 13.2 Å². The third-order valence-electron chi connectivity index (χ3n) is 1.12. The van der Waals surface area contributed by atoms with Crippen LogP contribution in [0.3, 0.4) is 0 Å². The molecule has 1 saturated heterocycles. The Morgan fingerprint density at radius 3 is 2.11 bits per heavy atom. The summed E-state index contributed by atoms with van der Waals surface area (Å²) in [6.45, 7) is 5.68. The quantitative estimate of drug-likeness (QED) is 0.403. The maximum atomic E-state index is 5.15. The van der Waals surface area contributed by atoms with Crippen LogP contribution in [0.25, 0.3) is 0 Å². The van der Waals surface area contributed by atoms with E-state index in [9.17, 15) is 0 Å². The summed E-state index contributed by atoms with van der Waals surface area (Å²) < 4.78 is 10.3. The minimum absolute atomic E-state index is 0.164. The molecule has 0 aliphatic carbocycles. The molecule has 4 heteroatoms. The van der Waals surface area contributed by atoms with E-state index in [2.05, 4.69) is 13.8 Å². The summed E-state index contributed by atoms with van der Waals surface area (Å²) in [7, 11) is -0.967. The lowest BCUT2D eigenvalue weighted by Gasteiger charge is -2.37. The van der Waals surface area contributed by atoms with Crippen LogP contribution in [0, 0.1) is 5.41 Å². The van der Waals surface area contributed by atoms with Crippen molar-refractivity contribution in [1.82, 2.24) is 0 Å². The van der Waals surface area contributed by atoms with Crippen LogP contribution in [0.2, 0.25) is 0 Å². The average molecular weight is 165 g/mol. The zero-order valence-corrected chi connectivity index (χ0v) is 7.30. The average Bonchev–Trinajstić information content (AvgIpc) is 1.78. The predicted molar refractivity (Wildman–Crippen MR) is 40.0 cm³/mol. The molecule has 0 aromatic heterocycles. The van der Waals surface area contributed by atoms with Crippen molar-refractivity contribution in [2.24, 2.45) is 5.41 Å². The lowest BCUT2D eigenvalue weighted by atomic mass is 9.97. The lowest BCUT2D eigenvalue weighted by Crippen LogP contribution is -2.27. The Morgan fingerprint density at radius 1 is 1.33 bits per heavy atom. The van der Waals surface area contributed by atoms with Crippen LogP contribution in [-0.2, 0) is 21.3 Å². The fourth-order valence-corrected chi connectivity index (χ4v) is 1.83. The van der Waals surface area contributed by atoms with Gasteiger partial charge in [0.05, 0.1) is 13.2 Å². The van der Waals surface area contributed by atoms with Crippen molar-refractivity contribution in [1.29, 1.82) is 0 Å². The minimum atomic E-state index is -0.967. The van der Waals surface area contributed by atoms with Crippen molar-refractivity contribution >= 4 is 19.8 Å². The molecule has 0 atom stereocenters. The van der Waals surface area contributed by atoms with Crippen molar-refractivity contribution in [2.45, 2.75) is 13.8 Å². The van der Waals surface area contributed by atoms with Gasteiger partial charge in [0.25, 0.3) is 0 Å². The first-order valence-electron chi connectivity index (χ1n) is 2.83. The van der Waals surface area contributed by atoms with Crippen LogP contribution >= 0.6 is 7.58 Å². The van der Waals surface area contributed by atoms with Crippen LogP contribution in [0.1, 0.15) is 13.8 Å². The molecule has 1 heterocycles. The zero-order chi connectivity index (χ0) is 6.91. The second-order valence-electron chi connectivity index (χ2n) is 2.93. The van der Waals surface area contributed by atoms with Crippen molar-refractivity contribution in [3.8, 4) is 0 Å². The highest BCUT2D eigenvalue weighted by molar-refractivity contribution is 8.29. The minimum Gasteiger partial charge on any atom is -0.700 e. The van der Waals surface area contributed by atoms with Crippen molar-refractivity contribution in [2.75, 3.05) is 13.2 Å². The van der Waals surface area contributed by atoms with E-state index in [1.54, 1.807) is 0 Å². The Kier molecular flexibility index (Phi) is 2.38. The van der Waals surface area contributed by atoms with Crippen LogP contribution in [0.5, 0.6) is 0 Å². The second kappa shape index (κ2) is 2.75. The van der Waals surface area contributed by atoms with Gasteiger partial charge in [-0.1, -0.05) is 13.8 Å². The van der Waals surface area contributed by atoms with Gasteiger partial charge < -0.3 is 21.3 Å². The normalized spacial score (nSPS) is 28.3. The molecule has 0 amide bonds. The molecule has 54 valence electrons. The third kappa shape index (κ3) is 2.42. The van der Waals surface area contributed by atoms with E-state index in [1.165, 1.54) is 0 Å². The highest BCUT2D eigenvalue weighted by Crippen LogP contribution is 2.43. The molecule has 1 fully saturated rings. The summed E-state index contributed by atoms with van der Waals surface area (Å²) >= 11 is 4.81. The summed E-state index contributed by atoms with van der Waals surface area (Å²) in [5.74, 6) is 0. The maximum absolute atomic E-state index is 5.15. The van der Waals surface area contributed by atoms with Crippen LogP contribution in [0.4, 0.5) is 0 Å². The molecule has 0 saturated carbocycles. The van der Waals surface area contributed by atoms with Gasteiger partial charge in [0.2, 0.25) is 0 Å². The highest BCUT2D eigenvalue weighted by atomic mass is 32.7. The first-order chi connectivity index (χ1) is 4.10. The highest BCUT2D eigenvalue weighted by Gasteiger charge is 2.23. The summed E-state index contributed by atoms with van der Waals surface area (Å²) in [4.78, 5) is 0. The summed E-state index contributed by atoms with van der Waals surface area (Å²) in [6.07, 6.45) is 0.